The molecular weight excluding hydrogens is 432 g/mol. The van der Waals surface area contributed by atoms with Crippen molar-refractivity contribution < 1.29 is 18.9 Å². The fourth-order valence-corrected chi connectivity index (χ4v) is 5.51. The van der Waals surface area contributed by atoms with Crippen LogP contribution in [0.1, 0.15) is 16.7 Å². The third kappa shape index (κ3) is 5.40. The van der Waals surface area contributed by atoms with Gasteiger partial charge in [0.05, 0.1) is 26.4 Å². The van der Waals surface area contributed by atoms with Crippen LogP contribution in [0.3, 0.4) is 0 Å². The maximum Gasteiger partial charge on any atom is 0.137 e. The van der Waals surface area contributed by atoms with E-state index in [1.165, 1.54) is 0 Å². The molecule has 3 aromatic carbocycles. The van der Waals surface area contributed by atoms with Gasteiger partial charge >= 0.3 is 0 Å². The van der Waals surface area contributed by atoms with Gasteiger partial charge < -0.3 is 18.9 Å². The summed E-state index contributed by atoms with van der Waals surface area (Å²) >= 11 is 1.68. The molecule has 0 N–H and O–H groups in total. The van der Waals surface area contributed by atoms with Gasteiger partial charge in [-0.15, -0.1) is 0 Å². The molecule has 0 bridgehead atoms. The van der Waals surface area contributed by atoms with Gasteiger partial charge in [-0.25, -0.2) is 0 Å². The van der Waals surface area contributed by atoms with Gasteiger partial charge in [0, 0.05) is 4.90 Å². The Morgan fingerprint density at radius 1 is 0.848 bits per heavy atom. The number of thioether (sulfide) groups is 1. The van der Waals surface area contributed by atoms with Crippen LogP contribution in [0.5, 0.6) is 0 Å². The maximum atomic E-state index is 6.49. The minimum atomic E-state index is -0.239. The van der Waals surface area contributed by atoms with Crippen LogP contribution in [0.2, 0.25) is 0 Å². The minimum Gasteiger partial charge on any atom is -0.374 e. The van der Waals surface area contributed by atoms with E-state index in [1.54, 1.807) is 11.8 Å². The van der Waals surface area contributed by atoms with E-state index in [4.69, 9.17) is 18.9 Å². The first-order valence-electron chi connectivity index (χ1n) is 11.3. The lowest BCUT2D eigenvalue weighted by Gasteiger charge is -2.27. The Labute approximate surface area is 199 Å². The summed E-state index contributed by atoms with van der Waals surface area (Å²) in [4.78, 5) is 1.16. The van der Waals surface area contributed by atoms with Crippen LogP contribution in [0.4, 0.5) is 0 Å². The van der Waals surface area contributed by atoms with E-state index >= 15 is 0 Å². The van der Waals surface area contributed by atoms with Gasteiger partial charge in [0.15, 0.2) is 0 Å². The number of benzene rings is 3. The predicted octanol–water partition coefficient (Wildman–Crippen LogP) is 5.72. The zero-order chi connectivity index (χ0) is 22.5. The molecule has 0 aromatic heterocycles. The molecule has 0 saturated carbocycles. The number of hydrogen-bond donors (Lipinski definition) is 0. The van der Waals surface area contributed by atoms with Gasteiger partial charge in [-0.3, -0.25) is 0 Å². The minimum absolute atomic E-state index is 0.176. The third-order valence-electron chi connectivity index (χ3n) is 5.91. The standard InChI is InChI=1S/C28H28O4S/c1-20-16-30-27-26(31-18-22-12-6-3-7-13-22)24(19-29-17-21-10-4-2-5-11-21)32-28(27)33-25-15-9-8-14-23(20)25/h2-15,24,26-28H,1,16-19H2/t24-,26+,27-,28+/m1/s1. The molecule has 3 aromatic rings. The monoisotopic (exact) mass is 460 g/mol. The van der Waals surface area contributed by atoms with Crippen LogP contribution in [0, 0.1) is 0 Å². The highest BCUT2D eigenvalue weighted by molar-refractivity contribution is 8.00. The zero-order valence-corrected chi connectivity index (χ0v) is 19.3. The molecule has 170 valence electrons. The molecule has 1 saturated heterocycles. The van der Waals surface area contributed by atoms with Gasteiger partial charge in [0.1, 0.15) is 23.7 Å². The second-order valence-corrected chi connectivity index (χ2v) is 9.44. The quantitative estimate of drug-likeness (QED) is 0.451. The Kier molecular flexibility index (Phi) is 7.24. The van der Waals surface area contributed by atoms with E-state index < -0.39 is 0 Å². The lowest BCUT2D eigenvalue weighted by Crippen LogP contribution is -2.39. The molecule has 4 nitrogen and oxygen atoms in total. The molecule has 0 radical (unpaired) electrons. The fraction of sp³-hybridized carbons (Fsp3) is 0.286. The summed E-state index contributed by atoms with van der Waals surface area (Å²) in [7, 11) is 0. The fourth-order valence-electron chi connectivity index (χ4n) is 4.19. The van der Waals surface area contributed by atoms with E-state index in [0.29, 0.717) is 26.4 Å². The van der Waals surface area contributed by atoms with E-state index in [9.17, 15) is 0 Å². The van der Waals surface area contributed by atoms with Crippen molar-refractivity contribution in [2.24, 2.45) is 0 Å². The largest absolute Gasteiger partial charge is 0.374 e. The third-order valence-corrected chi connectivity index (χ3v) is 7.13. The molecule has 33 heavy (non-hydrogen) atoms. The van der Waals surface area contributed by atoms with Crippen LogP contribution >= 0.6 is 11.8 Å². The number of rotatable bonds is 7. The van der Waals surface area contributed by atoms with Crippen molar-refractivity contribution in [3.8, 4) is 0 Å². The van der Waals surface area contributed by atoms with Gasteiger partial charge in [-0.2, -0.15) is 0 Å². The molecule has 0 aliphatic carbocycles. The second-order valence-electron chi connectivity index (χ2n) is 8.30. The first-order valence-corrected chi connectivity index (χ1v) is 12.1. The van der Waals surface area contributed by atoms with Crippen molar-refractivity contribution in [1.29, 1.82) is 0 Å². The van der Waals surface area contributed by atoms with Crippen molar-refractivity contribution >= 4 is 17.3 Å². The molecular formula is C28H28O4S. The molecule has 1 fully saturated rings. The van der Waals surface area contributed by atoms with Crippen molar-refractivity contribution in [1.82, 2.24) is 0 Å². The predicted molar refractivity (Wildman–Crippen MR) is 131 cm³/mol. The molecule has 4 atom stereocenters. The summed E-state index contributed by atoms with van der Waals surface area (Å²) in [6.07, 6.45) is -0.677. The van der Waals surface area contributed by atoms with Gasteiger partial charge in [0.2, 0.25) is 0 Å². The SMILES string of the molecule is C=C1CO[C@@H]2[C@@H](OCc3ccccc3)[C@@H](COCc3ccccc3)O[C@H]2Sc2ccccc21. The summed E-state index contributed by atoms with van der Waals surface area (Å²) in [5, 5.41) is 0. The van der Waals surface area contributed by atoms with Crippen LogP contribution in [-0.2, 0) is 32.2 Å². The summed E-state index contributed by atoms with van der Waals surface area (Å²) in [5.74, 6) is 0. The molecule has 0 unspecified atom stereocenters. The smallest absolute Gasteiger partial charge is 0.137 e. The summed E-state index contributed by atoms with van der Waals surface area (Å²) < 4.78 is 25.3. The average molecular weight is 461 g/mol. The Morgan fingerprint density at radius 3 is 2.27 bits per heavy atom. The first kappa shape index (κ1) is 22.4. The summed E-state index contributed by atoms with van der Waals surface area (Å²) in [6.45, 7) is 6.17. The van der Waals surface area contributed by atoms with Crippen LogP contribution < -0.4 is 0 Å². The van der Waals surface area contributed by atoms with Crippen LogP contribution in [0.25, 0.3) is 5.57 Å². The molecule has 5 heteroatoms. The van der Waals surface area contributed by atoms with Gasteiger partial charge in [0.25, 0.3) is 0 Å². The topological polar surface area (TPSA) is 36.9 Å². The Balaban J connectivity index is 1.33. The van der Waals surface area contributed by atoms with Crippen LogP contribution in [-0.4, -0.2) is 37.0 Å². The molecule has 2 aliphatic rings. The normalized spacial score (nSPS) is 24.5. The molecule has 2 heterocycles. The number of hydrogen-bond acceptors (Lipinski definition) is 5. The van der Waals surface area contributed by atoms with Crippen molar-refractivity contribution in [3.05, 3.63) is 108 Å². The van der Waals surface area contributed by atoms with Gasteiger partial charge in [-0.1, -0.05) is 97.2 Å². The van der Waals surface area contributed by atoms with Crippen LogP contribution in [0.15, 0.2) is 96.4 Å². The highest BCUT2D eigenvalue weighted by Crippen LogP contribution is 2.42. The zero-order valence-electron chi connectivity index (χ0n) is 18.5. The Morgan fingerprint density at radius 2 is 1.52 bits per heavy atom. The highest BCUT2D eigenvalue weighted by Gasteiger charge is 2.47. The van der Waals surface area contributed by atoms with Gasteiger partial charge in [-0.05, 0) is 28.3 Å². The van der Waals surface area contributed by atoms with E-state index in [1.807, 2.05) is 42.5 Å². The van der Waals surface area contributed by atoms with Crippen molar-refractivity contribution in [2.75, 3.05) is 13.2 Å². The Bertz CT molecular complexity index is 1060. The van der Waals surface area contributed by atoms with E-state index in [-0.39, 0.29) is 23.7 Å². The summed E-state index contributed by atoms with van der Waals surface area (Å²) in [6, 6.07) is 28.7. The van der Waals surface area contributed by atoms with Crippen molar-refractivity contribution in [2.45, 2.75) is 41.9 Å². The molecule has 5 rings (SSSR count). The van der Waals surface area contributed by atoms with E-state index in [2.05, 4.69) is 49.0 Å². The second kappa shape index (κ2) is 10.7. The lowest BCUT2D eigenvalue weighted by atomic mass is 10.1. The maximum absolute atomic E-state index is 6.49. The summed E-state index contributed by atoms with van der Waals surface area (Å²) in [5.41, 5.74) is 4.18. The lowest BCUT2D eigenvalue weighted by molar-refractivity contribution is -0.0829. The average Bonchev–Trinajstić information content (AvgIpc) is 3.17. The first-order chi connectivity index (χ1) is 16.3. The highest BCUT2D eigenvalue weighted by atomic mass is 32.2. The van der Waals surface area contributed by atoms with E-state index in [0.717, 1.165) is 27.2 Å². The molecule has 2 aliphatic heterocycles. The molecule has 0 spiro atoms. The van der Waals surface area contributed by atoms with Crippen molar-refractivity contribution in [3.63, 3.8) is 0 Å². The number of fused-ring (bicyclic) bond motifs is 2. The Hall–Kier alpha value is -2.41. The number of ether oxygens (including phenoxy) is 4. The molecule has 0 amide bonds.